The number of pyridine rings is 1. The smallest absolute Gasteiger partial charge is 0.271 e. The van der Waals surface area contributed by atoms with Crippen molar-refractivity contribution in [2.24, 2.45) is 5.10 Å². The van der Waals surface area contributed by atoms with Gasteiger partial charge in [-0.05, 0) is 47.5 Å². The molecule has 0 radical (unpaired) electrons. The first-order valence-corrected chi connectivity index (χ1v) is 10.4. The van der Waals surface area contributed by atoms with Gasteiger partial charge in [-0.15, -0.1) is 5.10 Å². The minimum absolute atomic E-state index is 0.224. The number of hydrazone groups is 1. The fraction of sp³-hybridized carbons (Fsp3) is 0.286. The van der Waals surface area contributed by atoms with Crippen molar-refractivity contribution in [3.05, 3.63) is 59.4 Å². The fourth-order valence-electron chi connectivity index (χ4n) is 3.71. The Hall–Kier alpha value is -3.20. The van der Waals surface area contributed by atoms with Crippen LogP contribution in [0.4, 0.5) is 5.69 Å². The van der Waals surface area contributed by atoms with Gasteiger partial charge in [-0.25, -0.2) is 0 Å². The van der Waals surface area contributed by atoms with Crippen LogP contribution in [0, 0.1) is 0 Å². The Labute approximate surface area is 178 Å². The van der Waals surface area contributed by atoms with E-state index in [0.717, 1.165) is 35.0 Å². The molecule has 2 aromatic rings. The highest BCUT2D eigenvalue weighted by Gasteiger charge is 2.61. The molecule has 0 unspecified atom stereocenters. The van der Waals surface area contributed by atoms with Gasteiger partial charge in [0.15, 0.2) is 5.17 Å². The van der Waals surface area contributed by atoms with Crippen LogP contribution in [0.1, 0.15) is 37.5 Å². The molecule has 154 valence electrons. The summed E-state index contributed by atoms with van der Waals surface area (Å²) in [6.45, 7) is 5.07. The monoisotopic (exact) mass is 423 g/mol. The molecule has 1 aromatic heterocycles. The molecule has 2 aliphatic heterocycles. The first-order chi connectivity index (χ1) is 14.4. The maximum atomic E-state index is 13.8. The highest BCUT2D eigenvalue weighted by atomic mass is 32.2. The van der Waals surface area contributed by atoms with Gasteiger partial charge in [0.25, 0.3) is 5.91 Å². The molecule has 8 nitrogen and oxygen atoms in total. The SMILES string of the molecule is CCc1ccc2c(c1)[C@@]1(SC(NC(C)=O)=NN1C(C)=O)C(=O)N2Cc1cccnc1. The summed E-state index contributed by atoms with van der Waals surface area (Å²) in [5.41, 5.74) is 3.33. The molecule has 9 heteroatoms. The van der Waals surface area contributed by atoms with Gasteiger partial charge in [0.05, 0.1) is 12.2 Å². The summed E-state index contributed by atoms with van der Waals surface area (Å²) in [4.78, 5) is 42.4. The first-order valence-electron chi connectivity index (χ1n) is 9.57. The molecule has 1 spiro atoms. The lowest BCUT2D eigenvalue weighted by atomic mass is 10.0. The predicted octanol–water partition coefficient (Wildman–Crippen LogP) is 2.35. The van der Waals surface area contributed by atoms with Crippen LogP contribution in [0.2, 0.25) is 0 Å². The molecule has 3 amide bonds. The number of amides is 3. The topological polar surface area (TPSA) is 95.0 Å². The lowest BCUT2D eigenvalue weighted by Crippen LogP contribution is -2.48. The number of amidine groups is 1. The highest BCUT2D eigenvalue weighted by molar-refractivity contribution is 8.15. The Morgan fingerprint density at radius 3 is 2.63 bits per heavy atom. The minimum atomic E-state index is -1.38. The summed E-state index contributed by atoms with van der Waals surface area (Å²) in [5, 5.41) is 8.31. The van der Waals surface area contributed by atoms with Crippen LogP contribution in [-0.2, 0) is 32.2 Å². The summed E-state index contributed by atoms with van der Waals surface area (Å²) in [5.74, 6) is -0.979. The molecule has 1 aromatic carbocycles. The lowest BCUT2D eigenvalue weighted by Gasteiger charge is -2.29. The molecular weight excluding hydrogens is 402 g/mol. The van der Waals surface area contributed by atoms with Crippen LogP contribution in [0.25, 0.3) is 0 Å². The van der Waals surface area contributed by atoms with Crippen molar-refractivity contribution in [2.45, 2.75) is 38.6 Å². The fourth-order valence-corrected chi connectivity index (χ4v) is 5.03. The van der Waals surface area contributed by atoms with Crippen LogP contribution < -0.4 is 10.2 Å². The van der Waals surface area contributed by atoms with Crippen molar-refractivity contribution in [3.8, 4) is 0 Å². The summed E-state index contributed by atoms with van der Waals surface area (Å²) in [6, 6.07) is 9.55. The van der Waals surface area contributed by atoms with E-state index in [1.54, 1.807) is 17.3 Å². The molecule has 2 aliphatic rings. The number of thioether (sulfide) groups is 1. The Bertz CT molecular complexity index is 1070. The number of anilines is 1. The molecule has 1 atom stereocenters. The van der Waals surface area contributed by atoms with E-state index in [1.807, 2.05) is 37.3 Å². The lowest BCUT2D eigenvalue weighted by molar-refractivity contribution is -0.139. The Kier molecular flexibility index (Phi) is 5.07. The number of benzene rings is 1. The third-order valence-corrected chi connectivity index (χ3v) is 6.28. The summed E-state index contributed by atoms with van der Waals surface area (Å²) < 4.78 is 0. The van der Waals surface area contributed by atoms with Crippen LogP contribution >= 0.6 is 11.8 Å². The number of carbonyl (C=O) groups excluding carboxylic acids is 3. The number of carbonyl (C=O) groups is 3. The standard InChI is InChI=1S/C21H21N5O3S/c1-4-15-7-8-18-17(10-15)21(19(29)25(18)12-16-6-5-9-22-11-16)26(14(3)28)24-20(30-21)23-13(2)27/h5-11H,4,12H2,1-3H3,(H,23,24,27)/t21-/m1/s1. The van der Waals surface area contributed by atoms with E-state index in [2.05, 4.69) is 15.4 Å². The number of hydrogen-bond acceptors (Lipinski definition) is 6. The largest absolute Gasteiger partial charge is 0.304 e. The number of fused-ring (bicyclic) bond motifs is 2. The molecule has 1 N–H and O–H groups in total. The van der Waals surface area contributed by atoms with Crippen molar-refractivity contribution in [3.63, 3.8) is 0 Å². The van der Waals surface area contributed by atoms with Crippen molar-refractivity contribution in [1.29, 1.82) is 0 Å². The van der Waals surface area contributed by atoms with E-state index in [1.165, 1.54) is 18.9 Å². The van der Waals surface area contributed by atoms with E-state index < -0.39 is 4.87 Å². The van der Waals surface area contributed by atoms with Gasteiger partial charge in [-0.1, -0.05) is 19.1 Å². The molecule has 0 aliphatic carbocycles. The first kappa shape index (κ1) is 20.1. The van der Waals surface area contributed by atoms with Gasteiger partial charge >= 0.3 is 0 Å². The van der Waals surface area contributed by atoms with Crippen LogP contribution in [0.5, 0.6) is 0 Å². The zero-order chi connectivity index (χ0) is 21.5. The van der Waals surface area contributed by atoms with Crippen molar-refractivity contribution in [2.75, 3.05) is 4.90 Å². The second kappa shape index (κ2) is 7.56. The number of rotatable bonds is 3. The van der Waals surface area contributed by atoms with Crippen molar-refractivity contribution in [1.82, 2.24) is 15.3 Å². The summed E-state index contributed by atoms with van der Waals surface area (Å²) in [6.07, 6.45) is 4.17. The maximum absolute atomic E-state index is 13.8. The van der Waals surface area contributed by atoms with Gasteiger partial charge in [-0.3, -0.25) is 19.4 Å². The number of hydrogen-bond donors (Lipinski definition) is 1. The van der Waals surface area contributed by atoms with Gasteiger partial charge < -0.3 is 10.2 Å². The van der Waals surface area contributed by atoms with E-state index in [0.29, 0.717) is 12.1 Å². The Morgan fingerprint density at radius 1 is 1.20 bits per heavy atom. The maximum Gasteiger partial charge on any atom is 0.271 e. The normalized spacial score (nSPS) is 19.8. The number of nitrogens with one attached hydrogen (secondary N) is 1. The Morgan fingerprint density at radius 2 is 2.00 bits per heavy atom. The van der Waals surface area contributed by atoms with Gasteiger partial charge in [-0.2, -0.15) is 5.01 Å². The summed E-state index contributed by atoms with van der Waals surface area (Å²) in [7, 11) is 0. The average molecular weight is 423 g/mol. The third-order valence-electron chi connectivity index (χ3n) is 5.04. The van der Waals surface area contributed by atoms with Gasteiger partial charge in [0, 0.05) is 31.8 Å². The number of aromatic nitrogens is 1. The average Bonchev–Trinajstić information content (AvgIpc) is 3.20. The van der Waals surface area contributed by atoms with E-state index in [9.17, 15) is 14.4 Å². The molecule has 0 bridgehead atoms. The molecule has 4 rings (SSSR count). The zero-order valence-electron chi connectivity index (χ0n) is 16.9. The van der Waals surface area contributed by atoms with Crippen molar-refractivity contribution >= 4 is 40.3 Å². The third kappa shape index (κ3) is 3.15. The zero-order valence-corrected chi connectivity index (χ0v) is 17.7. The van der Waals surface area contributed by atoms with Crippen LogP contribution in [0.15, 0.2) is 47.8 Å². The van der Waals surface area contributed by atoms with Gasteiger partial charge in [0.1, 0.15) is 0 Å². The number of aryl methyl sites for hydroxylation is 1. The second-order valence-corrected chi connectivity index (χ2v) is 8.30. The predicted molar refractivity (Wildman–Crippen MR) is 114 cm³/mol. The molecule has 0 saturated heterocycles. The summed E-state index contributed by atoms with van der Waals surface area (Å²) >= 11 is 1.09. The second-order valence-electron chi connectivity index (χ2n) is 7.12. The molecule has 0 fully saturated rings. The highest BCUT2D eigenvalue weighted by Crippen LogP contribution is 2.55. The van der Waals surface area contributed by atoms with E-state index >= 15 is 0 Å². The van der Waals surface area contributed by atoms with Crippen molar-refractivity contribution < 1.29 is 14.4 Å². The minimum Gasteiger partial charge on any atom is -0.304 e. The molecule has 0 saturated carbocycles. The number of nitrogens with zero attached hydrogens (tertiary/aromatic N) is 4. The van der Waals surface area contributed by atoms with E-state index in [4.69, 9.17) is 0 Å². The van der Waals surface area contributed by atoms with Gasteiger partial charge in [0.2, 0.25) is 16.7 Å². The molecule has 3 heterocycles. The molecular formula is C21H21N5O3S. The quantitative estimate of drug-likeness (QED) is 0.818. The van der Waals surface area contributed by atoms with Crippen LogP contribution in [-0.4, -0.2) is 32.9 Å². The molecule has 30 heavy (non-hydrogen) atoms. The Balaban J connectivity index is 1.85. The van der Waals surface area contributed by atoms with E-state index in [-0.39, 0.29) is 22.9 Å². The van der Waals surface area contributed by atoms with Crippen LogP contribution in [0.3, 0.4) is 0 Å².